The normalized spacial score (nSPS) is 18.3. The van der Waals surface area contributed by atoms with Gasteiger partial charge in [0.15, 0.2) is 0 Å². The molecule has 2 heterocycles. The molecule has 0 saturated carbocycles. The second kappa shape index (κ2) is 7.79. The summed E-state index contributed by atoms with van der Waals surface area (Å²) in [5, 5.41) is 7.50. The zero-order valence-electron chi connectivity index (χ0n) is 14.8. The van der Waals surface area contributed by atoms with Crippen LogP contribution in [0.3, 0.4) is 0 Å². The molecule has 1 aliphatic rings. The standard InChI is InChI=1S/C16H28N4O3/c1-11(2)20-13(4)15(12(3)18-20)8-17-16(21)19(5)9-14-10-22-6-7-23-14/h11,14H,6-10H2,1-5H3,(H,17,21). The number of rotatable bonds is 5. The Morgan fingerprint density at radius 1 is 1.43 bits per heavy atom. The number of likely N-dealkylation sites (N-methyl/N-ethyl adjacent to an activating group) is 1. The van der Waals surface area contributed by atoms with Crippen molar-refractivity contribution in [2.24, 2.45) is 0 Å². The number of ether oxygens (including phenoxy) is 2. The van der Waals surface area contributed by atoms with E-state index >= 15 is 0 Å². The van der Waals surface area contributed by atoms with Gasteiger partial charge in [0.2, 0.25) is 0 Å². The summed E-state index contributed by atoms with van der Waals surface area (Å²) < 4.78 is 12.9. The van der Waals surface area contributed by atoms with Gasteiger partial charge in [-0.25, -0.2) is 4.79 Å². The van der Waals surface area contributed by atoms with Gasteiger partial charge in [-0.3, -0.25) is 4.68 Å². The summed E-state index contributed by atoms with van der Waals surface area (Å²) in [5.41, 5.74) is 3.14. The predicted octanol–water partition coefficient (Wildman–Crippen LogP) is 1.64. The SMILES string of the molecule is Cc1nn(C(C)C)c(C)c1CNC(=O)N(C)CC1COCCO1. The number of carbonyl (C=O) groups excluding carboxylic acids is 1. The topological polar surface area (TPSA) is 68.6 Å². The van der Waals surface area contributed by atoms with E-state index in [0.717, 1.165) is 17.0 Å². The third-order valence-electron chi connectivity index (χ3n) is 4.09. The van der Waals surface area contributed by atoms with Crippen molar-refractivity contribution in [1.29, 1.82) is 0 Å². The van der Waals surface area contributed by atoms with Gasteiger partial charge in [-0.05, 0) is 27.7 Å². The van der Waals surface area contributed by atoms with Crippen LogP contribution in [0.25, 0.3) is 0 Å². The van der Waals surface area contributed by atoms with E-state index in [2.05, 4.69) is 24.3 Å². The van der Waals surface area contributed by atoms with Crippen molar-refractivity contribution >= 4 is 6.03 Å². The van der Waals surface area contributed by atoms with E-state index in [0.29, 0.717) is 39.0 Å². The van der Waals surface area contributed by atoms with E-state index < -0.39 is 0 Å². The summed E-state index contributed by atoms with van der Waals surface area (Å²) in [6, 6.07) is 0.194. The summed E-state index contributed by atoms with van der Waals surface area (Å²) in [4.78, 5) is 13.9. The highest BCUT2D eigenvalue weighted by atomic mass is 16.6. The highest BCUT2D eigenvalue weighted by molar-refractivity contribution is 5.73. The zero-order valence-corrected chi connectivity index (χ0v) is 14.8. The van der Waals surface area contributed by atoms with Gasteiger partial charge in [0.1, 0.15) is 0 Å². The first kappa shape index (κ1) is 17.7. The van der Waals surface area contributed by atoms with Gasteiger partial charge in [0.25, 0.3) is 0 Å². The lowest BCUT2D eigenvalue weighted by atomic mass is 10.2. The van der Waals surface area contributed by atoms with Crippen LogP contribution < -0.4 is 5.32 Å². The average molecular weight is 324 g/mol. The Labute approximate surface area is 137 Å². The number of hydrogen-bond acceptors (Lipinski definition) is 4. The lowest BCUT2D eigenvalue weighted by molar-refractivity contribution is -0.0928. The molecule has 1 N–H and O–H groups in total. The average Bonchev–Trinajstić information content (AvgIpc) is 2.81. The molecular formula is C16H28N4O3. The first-order chi connectivity index (χ1) is 10.9. The molecule has 1 fully saturated rings. The number of nitrogens with zero attached hydrogens (tertiary/aromatic N) is 3. The number of aromatic nitrogens is 2. The predicted molar refractivity (Wildman–Crippen MR) is 87.5 cm³/mol. The molecule has 1 unspecified atom stereocenters. The van der Waals surface area contributed by atoms with Gasteiger partial charge in [-0.2, -0.15) is 5.10 Å². The van der Waals surface area contributed by atoms with Crippen LogP contribution in [0, 0.1) is 13.8 Å². The number of amides is 2. The second-order valence-electron chi connectivity index (χ2n) is 6.29. The largest absolute Gasteiger partial charge is 0.376 e. The maximum atomic E-state index is 12.2. The number of nitrogens with one attached hydrogen (secondary N) is 1. The monoisotopic (exact) mass is 324 g/mol. The molecule has 0 aliphatic carbocycles. The van der Waals surface area contributed by atoms with Crippen LogP contribution in [0.2, 0.25) is 0 Å². The van der Waals surface area contributed by atoms with Gasteiger partial charge in [-0.15, -0.1) is 0 Å². The molecule has 2 rings (SSSR count). The molecule has 2 amide bonds. The summed E-state index contributed by atoms with van der Waals surface area (Å²) in [7, 11) is 1.77. The molecule has 1 saturated heterocycles. The van der Waals surface area contributed by atoms with Crippen LogP contribution in [0.4, 0.5) is 4.79 Å². The lowest BCUT2D eigenvalue weighted by Gasteiger charge is -2.27. The van der Waals surface area contributed by atoms with Crippen molar-refractivity contribution in [3.8, 4) is 0 Å². The highest BCUT2D eigenvalue weighted by Crippen LogP contribution is 2.17. The van der Waals surface area contributed by atoms with Crippen molar-refractivity contribution in [2.45, 2.75) is 46.4 Å². The molecule has 1 aromatic rings. The van der Waals surface area contributed by atoms with Crippen molar-refractivity contribution in [2.75, 3.05) is 33.4 Å². The van der Waals surface area contributed by atoms with Gasteiger partial charge < -0.3 is 19.7 Å². The molecule has 0 aromatic carbocycles. The Kier molecular flexibility index (Phi) is 6.01. The van der Waals surface area contributed by atoms with Crippen molar-refractivity contribution in [3.05, 3.63) is 17.0 Å². The smallest absolute Gasteiger partial charge is 0.317 e. The molecule has 1 atom stereocenters. The van der Waals surface area contributed by atoms with E-state index in [1.807, 2.05) is 18.5 Å². The Hall–Kier alpha value is -1.60. The molecule has 130 valence electrons. The van der Waals surface area contributed by atoms with Gasteiger partial charge in [-0.1, -0.05) is 0 Å². The minimum atomic E-state index is -0.115. The van der Waals surface area contributed by atoms with Crippen LogP contribution in [0.5, 0.6) is 0 Å². The molecule has 7 heteroatoms. The van der Waals surface area contributed by atoms with E-state index in [4.69, 9.17) is 9.47 Å². The molecular weight excluding hydrogens is 296 g/mol. The van der Waals surface area contributed by atoms with Crippen molar-refractivity contribution < 1.29 is 14.3 Å². The molecule has 1 aromatic heterocycles. The van der Waals surface area contributed by atoms with E-state index in [1.54, 1.807) is 11.9 Å². The van der Waals surface area contributed by atoms with Crippen LogP contribution in [0.15, 0.2) is 0 Å². The highest BCUT2D eigenvalue weighted by Gasteiger charge is 2.20. The van der Waals surface area contributed by atoms with Gasteiger partial charge in [0.05, 0.1) is 38.2 Å². The summed E-state index contributed by atoms with van der Waals surface area (Å²) in [6.07, 6.45) is -0.0494. The molecule has 23 heavy (non-hydrogen) atoms. The molecule has 7 nitrogen and oxygen atoms in total. The number of aryl methyl sites for hydroxylation is 1. The van der Waals surface area contributed by atoms with Crippen LogP contribution in [0.1, 0.15) is 36.8 Å². The van der Waals surface area contributed by atoms with E-state index in [-0.39, 0.29) is 12.1 Å². The minimum absolute atomic E-state index is 0.0494. The summed E-state index contributed by atoms with van der Waals surface area (Å²) >= 11 is 0. The Morgan fingerprint density at radius 3 is 2.74 bits per heavy atom. The maximum absolute atomic E-state index is 12.2. The summed E-state index contributed by atoms with van der Waals surface area (Å²) in [6.45, 7) is 11.0. The van der Waals surface area contributed by atoms with Crippen LogP contribution in [-0.2, 0) is 16.0 Å². The first-order valence-corrected chi connectivity index (χ1v) is 8.13. The van der Waals surface area contributed by atoms with E-state index in [9.17, 15) is 4.79 Å². The van der Waals surface area contributed by atoms with Crippen LogP contribution in [-0.4, -0.2) is 60.2 Å². The third-order valence-corrected chi connectivity index (χ3v) is 4.09. The van der Waals surface area contributed by atoms with Crippen molar-refractivity contribution in [1.82, 2.24) is 20.0 Å². The lowest BCUT2D eigenvalue weighted by Crippen LogP contribution is -2.44. The van der Waals surface area contributed by atoms with Gasteiger partial charge in [0, 0.05) is 30.9 Å². The number of carbonyl (C=O) groups is 1. The fourth-order valence-electron chi connectivity index (χ4n) is 2.78. The molecule has 0 spiro atoms. The maximum Gasteiger partial charge on any atom is 0.317 e. The molecule has 1 aliphatic heterocycles. The fraction of sp³-hybridized carbons (Fsp3) is 0.750. The fourth-order valence-corrected chi connectivity index (χ4v) is 2.78. The van der Waals surface area contributed by atoms with Gasteiger partial charge >= 0.3 is 6.03 Å². The summed E-state index contributed by atoms with van der Waals surface area (Å²) in [5.74, 6) is 0. The second-order valence-corrected chi connectivity index (χ2v) is 6.29. The Balaban J connectivity index is 1.88. The quantitative estimate of drug-likeness (QED) is 0.894. The zero-order chi connectivity index (χ0) is 17.0. The van der Waals surface area contributed by atoms with Crippen LogP contribution >= 0.6 is 0 Å². The number of hydrogen-bond donors (Lipinski definition) is 1. The van der Waals surface area contributed by atoms with Crippen molar-refractivity contribution in [3.63, 3.8) is 0 Å². The van der Waals surface area contributed by atoms with E-state index in [1.165, 1.54) is 0 Å². The molecule has 0 radical (unpaired) electrons. The third kappa shape index (κ3) is 4.45. The Bertz CT molecular complexity index is 536. The number of urea groups is 1. The Morgan fingerprint density at radius 2 is 2.17 bits per heavy atom. The minimum Gasteiger partial charge on any atom is -0.376 e. The first-order valence-electron chi connectivity index (χ1n) is 8.13. The molecule has 0 bridgehead atoms.